The zero-order chi connectivity index (χ0) is 30.2. The van der Waals surface area contributed by atoms with E-state index in [0.717, 1.165) is 60.4 Å². The van der Waals surface area contributed by atoms with E-state index in [1.165, 1.54) is 12.1 Å². The lowest BCUT2D eigenvalue weighted by atomic mass is 9.74. The van der Waals surface area contributed by atoms with Crippen LogP contribution in [0, 0.1) is 18.8 Å². The molecule has 42 heavy (non-hydrogen) atoms. The summed E-state index contributed by atoms with van der Waals surface area (Å²) in [5.74, 6) is 0.333. The molecule has 228 valence electrons. The lowest BCUT2D eigenvalue weighted by molar-refractivity contribution is -0.262. The molecule has 2 aromatic carbocycles. The lowest BCUT2D eigenvalue weighted by Gasteiger charge is -2.41. The Hall–Kier alpha value is -3.27. The lowest BCUT2D eigenvalue weighted by Crippen LogP contribution is -2.57. The number of piperidine rings is 1. The molecule has 2 aliphatic carbocycles. The van der Waals surface area contributed by atoms with E-state index in [9.17, 15) is 27.9 Å². The van der Waals surface area contributed by atoms with Gasteiger partial charge in [-0.3, -0.25) is 9.59 Å². The first-order chi connectivity index (χ1) is 19.8. The molecular weight excluding hydrogens is 549 g/mol. The molecule has 1 saturated heterocycles. The molecule has 0 radical (unpaired) electrons. The minimum Gasteiger partial charge on any atom is -0.490 e. The molecule has 1 N–H and O–H groups in total. The normalized spacial score (nSPS) is 22.6. The molecule has 10 heteroatoms. The van der Waals surface area contributed by atoms with Gasteiger partial charge < -0.3 is 24.4 Å². The van der Waals surface area contributed by atoms with E-state index >= 15 is 0 Å². The van der Waals surface area contributed by atoms with Crippen LogP contribution in [0.25, 0.3) is 0 Å². The first-order valence-electron chi connectivity index (χ1n) is 14.7. The standard InChI is InChI=1S/C32H39F3N2O5/c1-20-15-26(9-10-28(20)29(38)36(2)3)42-27-17-22(18-27)16-21-11-13-37(14-12-21)30(39)31(40,32(33,34)35)23-5-4-6-25(19-23)41-24-7-8-24/h4-6,9-10,15,19,21-22,24,27,40H,7-8,11-14,16-18H2,1-3H3/t22-,27+,31?. The maximum atomic E-state index is 14.2. The van der Waals surface area contributed by atoms with Crippen LogP contribution in [0.3, 0.4) is 0 Å². The van der Waals surface area contributed by atoms with Gasteiger partial charge >= 0.3 is 6.18 Å². The second kappa shape index (κ2) is 11.8. The maximum Gasteiger partial charge on any atom is 0.430 e. The van der Waals surface area contributed by atoms with Crippen LogP contribution in [0.2, 0.25) is 0 Å². The van der Waals surface area contributed by atoms with Crippen molar-refractivity contribution < 1.29 is 37.3 Å². The fourth-order valence-electron chi connectivity index (χ4n) is 6.00. The molecule has 1 aliphatic heterocycles. The summed E-state index contributed by atoms with van der Waals surface area (Å²) in [6, 6.07) is 10.7. The number of aliphatic hydroxyl groups is 1. The number of halogens is 3. The van der Waals surface area contributed by atoms with Crippen LogP contribution in [0.5, 0.6) is 11.5 Å². The molecule has 2 saturated carbocycles. The molecule has 0 spiro atoms. The smallest absolute Gasteiger partial charge is 0.430 e. The quantitative estimate of drug-likeness (QED) is 0.420. The van der Waals surface area contributed by atoms with Crippen LogP contribution in [0.4, 0.5) is 13.2 Å². The van der Waals surface area contributed by atoms with Crippen molar-refractivity contribution in [2.45, 2.75) is 75.9 Å². The summed E-state index contributed by atoms with van der Waals surface area (Å²) in [6.45, 7) is 2.23. The van der Waals surface area contributed by atoms with E-state index in [-0.39, 0.29) is 37.0 Å². The number of benzene rings is 2. The zero-order valence-electron chi connectivity index (χ0n) is 24.3. The number of amides is 2. The largest absolute Gasteiger partial charge is 0.490 e. The minimum atomic E-state index is -5.18. The molecule has 1 atom stereocenters. The Labute approximate surface area is 244 Å². The number of carbonyl (C=O) groups excluding carboxylic acids is 2. The summed E-state index contributed by atoms with van der Waals surface area (Å²) in [6.07, 6.45) is 0.458. The topological polar surface area (TPSA) is 79.3 Å². The average molecular weight is 589 g/mol. The van der Waals surface area contributed by atoms with Crippen LogP contribution in [0.1, 0.15) is 66.4 Å². The zero-order valence-corrected chi connectivity index (χ0v) is 24.3. The van der Waals surface area contributed by atoms with Gasteiger partial charge in [-0.2, -0.15) is 13.2 Å². The average Bonchev–Trinajstić information content (AvgIpc) is 3.74. The van der Waals surface area contributed by atoms with Crippen molar-refractivity contribution in [1.82, 2.24) is 9.80 Å². The number of ether oxygens (including phenoxy) is 2. The van der Waals surface area contributed by atoms with Crippen molar-refractivity contribution in [2.24, 2.45) is 11.8 Å². The molecular formula is C32H39F3N2O5. The predicted molar refractivity (Wildman–Crippen MR) is 150 cm³/mol. The van der Waals surface area contributed by atoms with Crippen molar-refractivity contribution in [2.75, 3.05) is 27.2 Å². The van der Waals surface area contributed by atoms with Gasteiger partial charge in [0.1, 0.15) is 11.5 Å². The molecule has 5 rings (SSSR count). The predicted octanol–water partition coefficient (Wildman–Crippen LogP) is 5.47. The van der Waals surface area contributed by atoms with Crippen molar-refractivity contribution in [3.05, 3.63) is 59.2 Å². The van der Waals surface area contributed by atoms with E-state index in [0.29, 0.717) is 30.2 Å². The SMILES string of the molecule is Cc1cc(O[C@H]2C[C@@H](CC3CCN(C(=O)C(O)(c4cccc(OC5CC5)c4)C(F)(F)F)CC3)C2)ccc1C(=O)N(C)C. The Morgan fingerprint density at radius 3 is 2.17 bits per heavy atom. The van der Waals surface area contributed by atoms with Gasteiger partial charge in [-0.15, -0.1) is 0 Å². The van der Waals surface area contributed by atoms with Crippen LogP contribution in [0.15, 0.2) is 42.5 Å². The van der Waals surface area contributed by atoms with Crippen molar-refractivity contribution in [3.8, 4) is 11.5 Å². The third kappa shape index (κ3) is 6.38. The number of aryl methyl sites for hydroxylation is 1. The third-order valence-corrected chi connectivity index (χ3v) is 8.70. The molecule has 1 heterocycles. The van der Waals surface area contributed by atoms with Gasteiger partial charge in [0, 0.05) is 38.3 Å². The minimum absolute atomic E-state index is 0.0257. The Bertz CT molecular complexity index is 1300. The van der Waals surface area contributed by atoms with Gasteiger partial charge in [-0.25, -0.2) is 0 Å². The number of nitrogens with zero attached hydrogens (tertiary/aromatic N) is 2. The Balaban J connectivity index is 1.12. The Morgan fingerprint density at radius 1 is 0.929 bits per heavy atom. The summed E-state index contributed by atoms with van der Waals surface area (Å²) in [5, 5.41) is 10.9. The number of likely N-dealkylation sites (tertiary alicyclic amines) is 1. The second-order valence-electron chi connectivity index (χ2n) is 12.3. The Kier molecular flexibility index (Phi) is 8.47. The molecule has 2 aromatic rings. The van der Waals surface area contributed by atoms with Gasteiger partial charge in [0.2, 0.25) is 0 Å². The molecule has 2 amide bonds. The summed E-state index contributed by atoms with van der Waals surface area (Å²) in [5.41, 5.74) is -2.64. The molecule has 7 nitrogen and oxygen atoms in total. The Morgan fingerprint density at radius 2 is 1.57 bits per heavy atom. The summed E-state index contributed by atoms with van der Waals surface area (Å²) < 4.78 is 54.4. The van der Waals surface area contributed by atoms with Crippen LogP contribution < -0.4 is 9.47 Å². The highest BCUT2D eigenvalue weighted by Crippen LogP contribution is 2.43. The highest BCUT2D eigenvalue weighted by atomic mass is 19.4. The molecule has 0 bridgehead atoms. The number of alkyl halides is 3. The van der Waals surface area contributed by atoms with Crippen molar-refractivity contribution >= 4 is 11.8 Å². The number of hydrogen-bond acceptors (Lipinski definition) is 5. The fourth-order valence-corrected chi connectivity index (χ4v) is 6.00. The fraction of sp³-hybridized carbons (Fsp3) is 0.562. The van der Waals surface area contributed by atoms with E-state index in [2.05, 4.69) is 0 Å². The highest BCUT2D eigenvalue weighted by Gasteiger charge is 2.62. The third-order valence-electron chi connectivity index (χ3n) is 8.70. The van der Waals surface area contributed by atoms with E-state index in [4.69, 9.17) is 9.47 Å². The van der Waals surface area contributed by atoms with E-state index in [1.807, 2.05) is 19.1 Å². The maximum absolute atomic E-state index is 14.2. The number of hydrogen-bond donors (Lipinski definition) is 1. The van der Waals surface area contributed by atoms with Crippen molar-refractivity contribution in [1.29, 1.82) is 0 Å². The highest BCUT2D eigenvalue weighted by molar-refractivity contribution is 5.95. The van der Waals surface area contributed by atoms with Gasteiger partial charge in [-0.1, -0.05) is 12.1 Å². The van der Waals surface area contributed by atoms with Gasteiger partial charge in [0.15, 0.2) is 0 Å². The second-order valence-corrected chi connectivity index (χ2v) is 12.3. The van der Waals surface area contributed by atoms with Gasteiger partial charge in [0.25, 0.3) is 17.4 Å². The molecule has 1 unspecified atom stereocenters. The number of rotatable bonds is 9. The summed E-state index contributed by atoms with van der Waals surface area (Å²) in [4.78, 5) is 28.2. The molecule has 3 fully saturated rings. The summed E-state index contributed by atoms with van der Waals surface area (Å²) >= 11 is 0. The van der Waals surface area contributed by atoms with Crippen LogP contribution in [-0.4, -0.2) is 72.3 Å². The molecule has 3 aliphatic rings. The van der Waals surface area contributed by atoms with Crippen LogP contribution in [-0.2, 0) is 10.4 Å². The summed E-state index contributed by atoms with van der Waals surface area (Å²) in [7, 11) is 3.44. The van der Waals surface area contributed by atoms with Crippen LogP contribution >= 0.6 is 0 Å². The first-order valence-corrected chi connectivity index (χ1v) is 14.7. The number of carbonyl (C=O) groups is 2. The van der Waals surface area contributed by atoms with E-state index < -0.39 is 23.2 Å². The van der Waals surface area contributed by atoms with Gasteiger partial charge in [0.05, 0.1) is 12.2 Å². The van der Waals surface area contributed by atoms with E-state index in [1.54, 1.807) is 25.1 Å². The van der Waals surface area contributed by atoms with Crippen molar-refractivity contribution in [3.63, 3.8) is 0 Å². The monoisotopic (exact) mass is 588 g/mol. The van der Waals surface area contributed by atoms with Gasteiger partial charge in [-0.05, 0) is 99.6 Å². The first kappa shape index (κ1) is 30.2. The molecule has 0 aromatic heterocycles.